The van der Waals surface area contributed by atoms with Crippen molar-refractivity contribution in [1.82, 2.24) is 4.90 Å². The number of para-hydroxylation sites is 2. The second kappa shape index (κ2) is 8.23. The van der Waals surface area contributed by atoms with Crippen molar-refractivity contribution in [3.63, 3.8) is 0 Å². The molecule has 2 atom stereocenters. The lowest BCUT2D eigenvalue weighted by Gasteiger charge is -2.35. The fourth-order valence-electron chi connectivity index (χ4n) is 3.90. The number of aliphatic imine (C=N–C) groups is 1. The third-order valence-corrected chi connectivity index (χ3v) is 6.42. The molecule has 2 aliphatic rings. The molecule has 0 spiro atoms. The van der Waals surface area contributed by atoms with Gasteiger partial charge in [0.1, 0.15) is 5.75 Å². The Morgan fingerprint density at radius 1 is 1.07 bits per heavy atom. The van der Waals surface area contributed by atoms with Crippen molar-refractivity contribution in [2.24, 2.45) is 10.9 Å². The van der Waals surface area contributed by atoms with Gasteiger partial charge in [-0.1, -0.05) is 56.2 Å². The van der Waals surface area contributed by atoms with E-state index in [1.165, 1.54) is 18.2 Å². The second-order valence-corrected chi connectivity index (χ2v) is 8.41. The number of benzene rings is 2. The SMILES string of the molecule is C[C@@H]1CCCC[C@@H]1N1C(=O)/C(=C/c2ccccc2O)SC1=Nc1ccccc1. The van der Waals surface area contributed by atoms with E-state index in [1.807, 2.05) is 47.4 Å². The van der Waals surface area contributed by atoms with Gasteiger partial charge in [0.2, 0.25) is 0 Å². The van der Waals surface area contributed by atoms with Crippen molar-refractivity contribution < 1.29 is 9.90 Å². The molecular weight excluding hydrogens is 368 g/mol. The molecule has 2 aromatic carbocycles. The Morgan fingerprint density at radius 3 is 2.54 bits per heavy atom. The number of phenols is 1. The highest BCUT2D eigenvalue weighted by Gasteiger charge is 2.41. The van der Waals surface area contributed by atoms with Crippen LogP contribution in [-0.4, -0.2) is 27.1 Å². The van der Waals surface area contributed by atoms with E-state index >= 15 is 0 Å². The van der Waals surface area contributed by atoms with Gasteiger partial charge in [-0.15, -0.1) is 0 Å². The Kier molecular flexibility index (Phi) is 5.53. The van der Waals surface area contributed by atoms with Gasteiger partial charge in [-0.2, -0.15) is 0 Å². The topological polar surface area (TPSA) is 52.9 Å². The molecule has 0 bridgehead atoms. The highest BCUT2D eigenvalue weighted by Crippen LogP contribution is 2.40. The summed E-state index contributed by atoms with van der Waals surface area (Å²) in [5, 5.41) is 10.8. The van der Waals surface area contributed by atoms with E-state index in [1.54, 1.807) is 18.2 Å². The molecule has 0 radical (unpaired) electrons. The smallest absolute Gasteiger partial charge is 0.267 e. The van der Waals surface area contributed by atoms with Crippen LogP contribution in [0.5, 0.6) is 5.75 Å². The number of hydrogen-bond acceptors (Lipinski definition) is 4. The van der Waals surface area contributed by atoms with Crippen molar-refractivity contribution in [3.8, 4) is 5.75 Å². The Morgan fingerprint density at radius 2 is 1.79 bits per heavy atom. The zero-order valence-corrected chi connectivity index (χ0v) is 16.7. The zero-order chi connectivity index (χ0) is 19.5. The van der Waals surface area contributed by atoms with Gasteiger partial charge in [0.05, 0.1) is 10.6 Å². The number of phenolic OH excluding ortho intramolecular Hbond substituents is 1. The monoisotopic (exact) mass is 392 g/mol. The van der Waals surface area contributed by atoms with Gasteiger partial charge in [0.25, 0.3) is 5.91 Å². The summed E-state index contributed by atoms with van der Waals surface area (Å²) in [6, 6.07) is 17.0. The van der Waals surface area contributed by atoms with Crippen molar-refractivity contribution >= 4 is 34.6 Å². The molecule has 0 unspecified atom stereocenters. The van der Waals surface area contributed by atoms with E-state index in [2.05, 4.69) is 6.92 Å². The van der Waals surface area contributed by atoms with Crippen LogP contribution in [0.25, 0.3) is 6.08 Å². The minimum absolute atomic E-state index is 0.0123. The first-order valence-corrected chi connectivity index (χ1v) is 10.6. The lowest BCUT2D eigenvalue weighted by Crippen LogP contribution is -2.44. The van der Waals surface area contributed by atoms with Gasteiger partial charge < -0.3 is 5.11 Å². The summed E-state index contributed by atoms with van der Waals surface area (Å²) in [5.41, 5.74) is 1.49. The van der Waals surface area contributed by atoms with Crippen LogP contribution in [-0.2, 0) is 4.79 Å². The van der Waals surface area contributed by atoms with E-state index in [-0.39, 0.29) is 17.7 Å². The second-order valence-electron chi connectivity index (χ2n) is 7.40. The number of amides is 1. The molecule has 4 rings (SSSR count). The van der Waals surface area contributed by atoms with Crippen LogP contribution in [0.3, 0.4) is 0 Å². The summed E-state index contributed by atoms with van der Waals surface area (Å²) in [5.74, 6) is 0.611. The average molecular weight is 393 g/mol. The molecule has 1 amide bonds. The van der Waals surface area contributed by atoms with Crippen LogP contribution >= 0.6 is 11.8 Å². The molecule has 2 fully saturated rings. The standard InChI is InChI=1S/C23H24N2O2S/c1-16-9-5-7-13-19(16)25-22(27)21(15-17-10-6-8-14-20(17)26)28-23(25)24-18-11-3-2-4-12-18/h2-4,6,8,10-12,14-16,19,26H,5,7,9,13H2,1H3/b21-15-,24-23?/t16-,19+/m1/s1. The minimum Gasteiger partial charge on any atom is -0.507 e. The van der Waals surface area contributed by atoms with E-state index in [0.717, 1.165) is 30.1 Å². The van der Waals surface area contributed by atoms with Crippen LogP contribution < -0.4 is 0 Å². The highest BCUT2D eigenvalue weighted by atomic mass is 32.2. The summed E-state index contributed by atoms with van der Waals surface area (Å²) >= 11 is 1.40. The quantitative estimate of drug-likeness (QED) is 0.694. The summed E-state index contributed by atoms with van der Waals surface area (Å²) in [7, 11) is 0. The van der Waals surface area contributed by atoms with Crippen molar-refractivity contribution in [2.75, 3.05) is 0 Å². The summed E-state index contributed by atoms with van der Waals surface area (Å²) in [6.07, 6.45) is 6.27. The summed E-state index contributed by atoms with van der Waals surface area (Å²) in [4.78, 5) is 20.6. The largest absolute Gasteiger partial charge is 0.507 e. The molecule has 28 heavy (non-hydrogen) atoms. The van der Waals surface area contributed by atoms with E-state index in [0.29, 0.717) is 16.4 Å². The lowest BCUT2D eigenvalue weighted by atomic mass is 9.85. The fourth-order valence-corrected chi connectivity index (χ4v) is 4.94. The van der Waals surface area contributed by atoms with Crippen LogP contribution in [0.2, 0.25) is 0 Å². The van der Waals surface area contributed by atoms with Gasteiger partial charge >= 0.3 is 0 Å². The zero-order valence-electron chi connectivity index (χ0n) is 15.9. The lowest BCUT2D eigenvalue weighted by molar-refractivity contribution is -0.124. The molecule has 1 aliphatic carbocycles. The summed E-state index contributed by atoms with van der Waals surface area (Å²) in [6.45, 7) is 2.23. The molecule has 1 N–H and O–H groups in total. The Labute approximate surface area is 170 Å². The van der Waals surface area contributed by atoms with Gasteiger partial charge in [-0.25, -0.2) is 4.99 Å². The van der Waals surface area contributed by atoms with E-state index in [4.69, 9.17) is 4.99 Å². The highest BCUT2D eigenvalue weighted by molar-refractivity contribution is 8.18. The third-order valence-electron chi connectivity index (χ3n) is 5.44. The Hall–Kier alpha value is -2.53. The number of thioether (sulfide) groups is 1. The van der Waals surface area contributed by atoms with Crippen molar-refractivity contribution in [3.05, 3.63) is 65.1 Å². The van der Waals surface area contributed by atoms with Crippen LogP contribution in [0.4, 0.5) is 5.69 Å². The predicted molar refractivity (Wildman–Crippen MR) is 115 cm³/mol. The Balaban J connectivity index is 1.73. The van der Waals surface area contributed by atoms with Gasteiger partial charge in [-0.3, -0.25) is 9.69 Å². The van der Waals surface area contributed by atoms with Crippen LogP contribution in [0.1, 0.15) is 38.2 Å². The predicted octanol–water partition coefficient (Wildman–Crippen LogP) is 5.57. The maximum atomic E-state index is 13.3. The Bertz CT molecular complexity index is 923. The maximum absolute atomic E-state index is 13.3. The maximum Gasteiger partial charge on any atom is 0.267 e. The molecular formula is C23H24N2O2S. The first kappa shape index (κ1) is 18.8. The number of aromatic hydroxyl groups is 1. The van der Waals surface area contributed by atoms with E-state index < -0.39 is 0 Å². The normalized spacial score (nSPS) is 25.6. The fraction of sp³-hybridized carbons (Fsp3) is 0.304. The molecule has 1 aliphatic heterocycles. The number of amidine groups is 1. The molecule has 1 saturated heterocycles. The number of hydrogen-bond donors (Lipinski definition) is 1. The number of carbonyl (C=O) groups is 1. The molecule has 0 aromatic heterocycles. The number of rotatable bonds is 3. The summed E-state index contributed by atoms with van der Waals surface area (Å²) < 4.78 is 0. The molecule has 1 heterocycles. The average Bonchev–Trinajstić information content (AvgIpc) is 3.00. The molecule has 5 heteroatoms. The van der Waals surface area contributed by atoms with Gasteiger partial charge in [0.15, 0.2) is 5.17 Å². The van der Waals surface area contributed by atoms with Crippen LogP contribution in [0, 0.1) is 5.92 Å². The van der Waals surface area contributed by atoms with Crippen molar-refractivity contribution in [2.45, 2.75) is 38.6 Å². The van der Waals surface area contributed by atoms with E-state index in [9.17, 15) is 9.90 Å². The van der Waals surface area contributed by atoms with Crippen LogP contribution in [0.15, 0.2) is 64.5 Å². The molecule has 1 saturated carbocycles. The minimum atomic E-state index is -0.0123. The van der Waals surface area contributed by atoms with Gasteiger partial charge in [0, 0.05) is 11.6 Å². The van der Waals surface area contributed by atoms with Crippen molar-refractivity contribution in [1.29, 1.82) is 0 Å². The molecule has 2 aromatic rings. The number of carbonyl (C=O) groups excluding carboxylic acids is 1. The first-order valence-electron chi connectivity index (χ1n) is 9.78. The third kappa shape index (κ3) is 3.85. The number of nitrogens with zero attached hydrogens (tertiary/aromatic N) is 2. The first-order chi connectivity index (χ1) is 13.6. The molecule has 144 valence electrons. The van der Waals surface area contributed by atoms with Gasteiger partial charge in [-0.05, 0) is 54.8 Å². The molecule has 4 nitrogen and oxygen atoms in total.